The Morgan fingerprint density at radius 2 is 2.14 bits per heavy atom. The van der Waals surface area contributed by atoms with Gasteiger partial charge in [-0.25, -0.2) is 4.79 Å². The van der Waals surface area contributed by atoms with Crippen LogP contribution in [0.5, 0.6) is 0 Å². The van der Waals surface area contributed by atoms with Crippen LogP contribution in [0.3, 0.4) is 0 Å². The third kappa shape index (κ3) is 3.43. The minimum absolute atomic E-state index is 0.206. The molecular weight excluding hydrogens is 276 g/mol. The van der Waals surface area contributed by atoms with Crippen LogP contribution in [-0.2, 0) is 17.7 Å². The molecule has 0 bridgehead atoms. The van der Waals surface area contributed by atoms with Gasteiger partial charge in [-0.2, -0.15) is 0 Å². The Morgan fingerprint density at radius 1 is 1.32 bits per heavy atom. The van der Waals surface area contributed by atoms with Gasteiger partial charge in [0.15, 0.2) is 0 Å². The molecule has 0 spiro atoms. The molecule has 0 saturated carbocycles. The number of benzene rings is 1. The highest BCUT2D eigenvalue weighted by molar-refractivity contribution is 5.68. The van der Waals surface area contributed by atoms with Crippen LogP contribution < -0.4 is 5.32 Å². The quantitative estimate of drug-likeness (QED) is 0.867. The first kappa shape index (κ1) is 15.3. The van der Waals surface area contributed by atoms with Crippen LogP contribution in [0.15, 0.2) is 18.2 Å². The summed E-state index contributed by atoms with van der Waals surface area (Å²) in [5.41, 5.74) is 3.65. The fourth-order valence-corrected chi connectivity index (χ4v) is 3.25. The van der Waals surface area contributed by atoms with E-state index < -0.39 is 5.60 Å². The molecule has 1 aromatic carbocycles. The molecule has 1 N–H and O–H groups in total. The maximum atomic E-state index is 12.2. The van der Waals surface area contributed by atoms with E-state index in [1.54, 1.807) is 0 Å². The number of amides is 1. The van der Waals surface area contributed by atoms with E-state index in [2.05, 4.69) is 23.5 Å². The third-order valence-corrected chi connectivity index (χ3v) is 4.43. The van der Waals surface area contributed by atoms with Crippen molar-refractivity contribution >= 4 is 6.09 Å². The van der Waals surface area contributed by atoms with E-state index in [1.807, 2.05) is 25.7 Å². The highest BCUT2D eigenvalue weighted by Gasteiger charge is 2.26. The predicted octanol–water partition coefficient (Wildman–Crippen LogP) is 3.06. The lowest BCUT2D eigenvalue weighted by molar-refractivity contribution is 0.0224. The molecule has 0 aromatic heterocycles. The fraction of sp³-hybridized carbons (Fsp3) is 0.611. The molecule has 4 nitrogen and oxygen atoms in total. The number of fused-ring (bicyclic) bond motifs is 1. The Bertz CT molecular complexity index is 557. The van der Waals surface area contributed by atoms with E-state index in [4.69, 9.17) is 4.74 Å². The molecule has 1 unspecified atom stereocenters. The van der Waals surface area contributed by atoms with E-state index in [9.17, 15) is 4.79 Å². The molecule has 1 amide bonds. The highest BCUT2D eigenvalue weighted by atomic mass is 16.6. The molecule has 1 fully saturated rings. The molecule has 1 saturated heterocycles. The normalized spacial score (nSPS) is 21.6. The fourth-order valence-electron chi connectivity index (χ4n) is 3.25. The second-order valence-electron chi connectivity index (χ2n) is 7.37. The molecule has 0 aliphatic carbocycles. The first-order chi connectivity index (χ1) is 10.4. The van der Waals surface area contributed by atoms with Crippen LogP contribution in [0.2, 0.25) is 0 Å². The molecule has 3 rings (SSSR count). The first-order valence-electron chi connectivity index (χ1n) is 8.23. The highest BCUT2D eigenvalue weighted by Crippen LogP contribution is 2.28. The molecule has 4 heteroatoms. The molecule has 0 radical (unpaired) electrons. The van der Waals surface area contributed by atoms with Gasteiger partial charge >= 0.3 is 6.09 Å². The Labute approximate surface area is 132 Å². The number of rotatable bonds is 1. The maximum Gasteiger partial charge on any atom is 0.410 e. The van der Waals surface area contributed by atoms with Crippen molar-refractivity contribution in [3.8, 4) is 0 Å². The Kier molecular flexibility index (Phi) is 4.13. The lowest BCUT2D eigenvalue weighted by Crippen LogP contribution is -2.39. The van der Waals surface area contributed by atoms with Gasteiger partial charge in [0.1, 0.15) is 5.60 Å². The summed E-state index contributed by atoms with van der Waals surface area (Å²) in [4.78, 5) is 14.0. The summed E-state index contributed by atoms with van der Waals surface area (Å²) < 4.78 is 5.48. The Morgan fingerprint density at radius 3 is 2.82 bits per heavy atom. The van der Waals surface area contributed by atoms with Crippen molar-refractivity contribution in [3.63, 3.8) is 0 Å². The molecule has 1 atom stereocenters. The number of nitrogens with one attached hydrogen (secondary N) is 1. The lowest BCUT2D eigenvalue weighted by Gasteiger charge is -2.31. The van der Waals surface area contributed by atoms with Gasteiger partial charge in [-0.05, 0) is 62.8 Å². The molecule has 2 aliphatic heterocycles. The van der Waals surface area contributed by atoms with E-state index >= 15 is 0 Å². The molecule has 2 aliphatic rings. The summed E-state index contributed by atoms with van der Waals surface area (Å²) in [5.74, 6) is 0.647. The number of nitrogens with zero attached hydrogens (tertiary/aromatic N) is 1. The van der Waals surface area contributed by atoms with Gasteiger partial charge in [0.05, 0.1) is 0 Å². The summed E-state index contributed by atoms with van der Waals surface area (Å²) in [6.07, 6.45) is 1.94. The number of carbonyl (C=O) groups is 1. The molecule has 120 valence electrons. The van der Waals surface area contributed by atoms with E-state index in [0.717, 1.165) is 26.1 Å². The van der Waals surface area contributed by atoms with Gasteiger partial charge in [-0.3, -0.25) is 0 Å². The van der Waals surface area contributed by atoms with E-state index in [1.165, 1.54) is 23.1 Å². The van der Waals surface area contributed by atoms with Crippen LogP contribution in [0.1, 0.15) is 49.8 Å². The van der Waals surface area contributed by atoms with Crippen molar-refractivity contribution in [1.29, 1.82) is 0 Å². The largest absolute Gasteiger partial charge is 0.444 e. The number of hydrogen-bond acceptors (Lipinski definition) is 3. The second-order valence-corrected chi connectivity index (χ2v) is 7.37. The van der Waals surface area contributed by atoms with Crippen molar-refractivity contribution < 1.29 is 9.53 Å². The van der Waals surface area contributed by atoms with Crippen molar-refractivity contribution in [3.05, 3.63) is 34.9 Å². The summed E-state index contributed by atoms with van der Waals surface area (Å²) in [5, 5.41) is 3.43. The van der Waals surface area contributed by atoms with Crippen LogP contribution in [0, 0.1) is 0 Å². The Balaban J connectivity index is 1.70. The SMILES string of the molecule is CC(C)(C)OC(=O)N1CCc2cc(C3CCNC3)ccc2C1. The van der Waals surface area contributed by atoms with Gasteiger partial charge in [0.25, 0.3) is 0 Å². The first-order valence-corrected chi connectivity index (χ1v) is 8.23. The molecule has 2 heterocycles. The summed E-state index contributed by atoms with van der Waals surface area (Å²) >= 11 is 0. The van der Waals surface area contributed by atoms with Crippen LogP contribution >= 0.6 is 0 Å². The average molecular weight is 302 g/mol. The zero-order valence-electron chi connectivity index (χ0n) is 13.8. The summed E-state index contributed by atoms with van der Waals surface area (Å²) in [6.45, 7) is 9.33. The van der Waals surface area contributed by atoms with Gasteiger partial charge < -0.3 is 15.0 Å². The summed E-state index contributed by atoms with van der Waals surface area (Å²) in [7, 11) is 0. The van der Waals surface area contributed by atoms with Gasteiger partial charge in [0.2, 0.25) is 0 Å². The van der Waals surface area contributed by atoms with Gasteiger partial charge in [-0.1, -0.05) is 18.2 Å². The summed E-state index contributed by atoms with van der Waals surface area (Å²) in [6, 6.07) is 6.77. The molecular formula is C18H26N2O2. The third-order valence-electron chi connectivity index (χ3n) is 4.43. The maximum absolute atomic E-state index is 12.2. The zero-order valence-corrected chi connectivity index (χ0v) is 13.8. The van der Waals surface area contributed by atoms with Crippen LogP contribution in [0.4, 0.5) is 4.79 Å². The van der Waals surface area contributed by atoms with E-state index in [0.29, 0.717) is 12.5 Å². The van der Waals surface area contributed by atoms with E-state index in [-0.39, 0.29) is 6.09 Å². The lowest BCUT2D eigenvalue weighted by atomic mass is 9.91. The average Bonchev–Trinajstić information content (AvgIpc) is 2.98. The van der Waals surface area contributed by atoms with Gasteiger partial charge in [-0.15, -0.1) is 0 Å². The van der Waals surface area contributed by atoms with Crippen LogP contribution in [-0.4, -0.2) is 36.2 Å². The second kappa shape index (κ2) is 5.92. The van der Waals surface area contributed by atoms with Crippen molar-refractivity contribution in [2.45, 2.75) is 51.7 Å². The van der Waals surface area contributed by atoms with Gasteiger partial charge in [0, 0.05) is 19.6 Å². The molecule has 22 heavy (non-hydrogen) atoms. The molecule has 1 aromatic rings. The van der Waals surface area contributed by atoms with Crippen molar-refractivity contribution in [1.82, 2.24) is 10.2 Å². The van der Waals surface area contributed by atoms with Crippen LogP contribution in [0.25, 0.3) is 0 Å². The topological polar surface area (TPSA) is 41.6 Å². The number of hydrogen-bond donors (Lipinski definition) is 1. The van der Waals surface area contributed by atoms with Crippen molar-refractivity contribution in [2.24, 2.45) is 0 Å². The standard InChI is InChI=1S/C18H26N2O2/c1-18(2,3)22-17(21)20-9-7-14-10-13(4-5-16(14)12-20)15-6-8-19-11-15/h4-5,10,15,19H,6-9,11-12H2,1-3H3. The smallest absolute Gasteiger partial charge is 0.410 e. The minimum Gasteiger partial charge on any atom is -0.444 e. The number of carbonyl (C=O) groups excluding carboxylic acids is 1. The Hall–Kier alpha value is -1.55. The monoisotopic (exact) mass is 302 g/mol. The predicted molar refractivity (Wildman–Crippen MR) is 87.0 cm³/mol. The van der Waals surface area contributed by atoms with Crippen molar-refractivity contribution in [2.75, 3.05) is 19.6 Å². The number of ether oxygens (including phenoxy) is 1. The minimum atomic E-state index is -0.434. The zero-order chi connectivity index (χ0) is 15.7.